The van der Waals surface area contributed by atoms with Gasteiger partial charge in [0, 0.05) is 31.7 Å². The molecular formula is C17H23FN2O4. The Kier molecular flexibility index (Phi) is 5.87. The summed E-state index contributed by atoms with van der Waals surface area (Å²) >= 11 is 0. The molecule has 0 unspecified atom stereocenters. The molecule has 0 radical (unpaired) electrons. The highest BCUT2D eigenvalue weighted by molar-refractivity contribution is 5.90. The summed E-state index contributed by atoms with van der Waals surface area (Å²) in [5.41, 5.74) is 0.313. The molecule has 1 aromatic rings. The predicted molar refractivity (Wildman–Crippen MR) is 86.8 cm³/mol. The van der Waals surface area contributed by atoms with E-state index >= 15 is 0 Å². The van der Waals surface area contributed by atoms with E-state index in [4.69, 9.17) is 14.2 Å². The number of urea groups is 1. The lowest BCUT2D eigenvalue weighted by Crippen LogP contribution is -2.33. The van der Waals surface area contributed by atoms with Crippen LogP contribution in [0.15, 0.2) is 18.2 Å². The zero-order chi connectivity index (χ0) is 16.8. The first-order valence-electron chi connectivity index (χ1n) is 8.37. The van der Waals surface area contributed by atoms with Gasteiger partial charge in [-0.2, -0.15) is 0 Å². The third kappa shape index (κ3) is 4.82. The highest BCUT2D eigenvalue weighted by atomic mass is 19.1. The minimum Gasteiger partial charge on any atom is -0.489 e. The zero-order valence-corrected chi connectivity index (χ0v) is 13.6. The first-order chi connectivity index (χ1) is 11.7. The molecule has 7 heteroatoms. The Morgan fingerprint density at radius 1 is 1.33 bits per heavy atom. The molecule has 3 rings (SSSR count). The standard InChI is InChI=1S/C17H23FN2O4/c18-13-3-4-16(24-11-14-2-1-6-23-14)15(8-13)20-17(21)19-9-12-5-7-22-10-12/h3-4,8,12,14H,1-2,5-7,9-11H2,(H2,19,20,21)/t12-,14-/m0/s1. The Hall–Kier alpha value is -1.86. The van der Waals surface area contributed by atoms with Crippen molar-refractivity contribution in [3.63, 3.8) is 0 Å². The molecule has 24 heavy (non-hydrogen) atoms. The van der Waals surface area contributed by atoms with Crippen LogP contribution in [-0.4, -0.2) is 45.1 Å². The smallest absolute Gasteiger partial charge is 0.319 e. The van der Waals surface area contributed by atoms with Crippen molar-refractivity contribution >= 4 is 11.7 Å². The number of carbonyl (C=O) groups excluding carboxylic acids is 1. The number of nitrogens with one attached hydrogen (secondary N) is 2. The average molecular weight is 338 g/mol. The van der Waals surface area contributed by atoms with Crippen molar-refractivity contribution in [2.24, 2.45) is 5.92 Å². The second-order valence-corrected chi connectivity index (χ2v) is 6.15. The highest BCUT2D eigenvalue weighted by Gasteiger charge is 2.19. The van der Waals surface area contributed by atoms with E-state index in [-0.39, 0.29) is 12.1 Å². The molecule has 6 nitrogen and oxygen atoms in total. The molecule has 0 aliphatic carbocycles. The van der Waals surface area contributed by atoms with Crippen LogP contribution in [0.5, 0.6) is 5.75 Å². The summed E-state index contributed by atoms with van der Waals surface area (Å²) < 4.78 is 30.0. The number of anilines is 1. The lowest BCUT2D eigenvalue weighted by molar-refractivity contribution is 0.0682. The lowest BCUT2D eigenvalue weighted by atomic mass is 10.1. The van der Waals surface area contributed by atoms with Crippen LogP contribution >= 0.6 is 0 Å². The van der Waals surface area contributed by atoms with E-state index < -0.39 is 5.82 Å². The molecule has 2 saturated heterocycles. The van der Waals surface area contributed by atoms with Gasteiger partial charge in [0.25, 0.3) is 0 Å². The van der Waals surface area contributed by atoms with Crippen LogP contribution in [-0.2, 0) is 9.47 Å². The van der Waals surface area contributed by atoms with Crippen LogP contribution in [0.4, 0.5) is 14.9 Å². The van der Waals surface area contributed by atoms with Crippen LogP contribution in [0.2, 0.25) is 0 Å². The molecule has 2 atom stereocenters. The monoisotopic (exact) mass is 338 g/mol. The second-order valence-electron chi connectivity index (χ2n) is 6.15. The van der Waals surface area contributed by atoms with Gasteiger partial charge in [0.1, 0.15) is 18.2 Å². The van der Waals surface area contributed by atoms with Crippen molar-refractivity contribution in [3.05, 3.63) is 24.0 Å². The number of rotatable bonds is 6. The Bertz CT molecular complexity index is 558. The fraction of sp³-hybridized carbons (Fsp3) is 0.588. The van der Waals surface area contributed by atoms with Gasteiger partial charge in [-0.1, -0.05) is 0 Å². The minimum atomic E-state index is -0.432. The molecule has 2 amide bonds. The number of benzene rings is 1. The van der Waals surface area contributed by atoms with E-state index in [1.165, 1.54) is 18.2 Å². The largest absolute Gasteiger partial charge is 0.489 e. The maximum Gasteiger partial charge on any atom is 0.319 e. The fourth-order valence-corrected chi connectivity index (χ4v) is 2.83. The van der Waals surface area contributed by atoms with Crippen LogP contribution in [0.3, 0.4) is 0 Å². The average Bonchev–Trinajstić information content (AvgIpc) is 3.26. The highest BCUT2D eigenvalue weighted by Crippen LogP contribution is 2.26. The minimum absolute atomic E-state index is 0.0547. The second kappa shape index (κ2) is 8.30. The van der Waals surface area contributed by atoms with E-state index in [0.29, 0.717) is 37.1 Å². The van der Waals surface area contributed by atoms with Gasteiger partial charge < -0.3 is 24.8 Å². The van der Waals surface area contributed by atoms with Gasteiger partial charge >= 0.3 is 6.03 Å². The van der Waals surface area contributed by atoms with Crippen LogP contribution in [0.25, 0.3) is 0 Å². The van der Waals surface area contributed by atoms with Crippen molar-refractivity contribution in [1.82, 2.24) is 5.32 Å². The molecule has 2 aliphatic rings. The fourth-order valence-electron chi connectivity index (χ4n) is 2.83. The Balaban J connectivity index is 1.54. The zero-order valence-electron chi connectivity index (χ0n) is 13.6. The van der Waals surface area contributed by atoms with Crippen LogP contribution in [0, 0.1) is 11.7 Å². The Morgan fingerprint density at radius 3 is 3.00 bits per heavy atom. The SMILES string of the molecule is O=C(NC[C@@H]1CCOC1)Nc1cc(F)ccc1OC[C@@H]1CCCO1. The number of amides is 2. The molecule has 2 N–H and O–H groups in total. The van der Waals surface area contributed by atoms with E-state index in [1.54, 1.807) is 0 Å². The van der Waals surface area contributed by atoms with Gasteiger partial charge in [0.2, 0.25) is 0 Å². The summed E-state index contributed by atoms with van der Waals surface area (Å²) in [6, 6.07) is 3.70. The molecule has 132 valence electrons. The number of carbonyl (C=O) groups is 1. The molecule has 0 aromatic heterocycles. The topological polar surface area (TPSA) is 68.8 Å². The van der Waals surface area contributed by atoms with Gasteiger partial charge in [-0.05, 0) is 31.4 Å². The molecule has 0 bridgehead atoms. The van der Waals surface area contributed by atoms with Crippen LogP contribution < -0.4 is 15.4 Å². The van der Waals surface area contributed by atoms with Crippen molar-refractivity contribution in [1.29, 1.82) is 0 Å². The van der Waals surface area contributed by atoms with Crippen molar-refractivity contribution < 1.29 is 23.4 Å². The van der Waals surface area contributed by atoms with Gasteiger partial charge in [0.05, 0.1) is 18.4 Å². The summed E-state index contributed by atoms with van der Waals surface area (Å²) in [7, 11) is 0. The van der Waals surface area contributed by atoms with Gasteiger partial charge in [-0.25, -0.2) is 9.18 Å². The van der Waals surface area contributed by atoms with Gasteiger partial charge in [-0.15, -0.1) is 0 Å². The maximum atomic E-state index is 13.5. The number of halogens is 1. The van der Waals surface area contributed by atoms with E-state index in [9.17, 15) is 9.18 Å². The third-order valence-corrected chi connectivity index (χ3v) is 4.21. The molecule has 2 fully saturated rings. The predicted octanol–water partition coefficient (Wildman–Crippen LogP) is 2.54. The maximum absolute atomic E-state index is 13.5. The summed E-state index contributed by atoms with van der Waals surface area (Å²) in [5.74, 6) is 0.337. The molecule has 2 aliphatic heterocycles. The molecule has 2 heterocycles. The van der Waals surface area contributed by atoms with Crippen molar-refractivity contribution in [3.8, 4) is 5.75 Å². The molecule has 1 aromatic carbocycles. The number of hydrogen-bond donors (Lipinski definition) is 2. The van der Waals surface area contributed by atoms with E-state index in [0.717, 1.165) is 32.5 Å². The van der Waals surface area contributed by atoms with Crippen molar-refractivity contribution in [2.75, 3.05) is 38.3 Å². The Morgan fingerprint density at radius 2 is 2.25 bits per heavy atom. The van der Waals surface area contributed by atoms with E-state index in [1.807, 2.05) is 0 Å². The first-order valence-corrected chi connectivity index (χ1v) is 8.37. The lowest BCUT2D eigenvalue weighted by Gasteiger charge is -2.16. The summed E-state index contributed by atoms with van der Waals surface area (Å²) in [6.45, 7) is 3.07. The van der Waals surface area contributed by atoms with Crippen molar-refractivity contribution in [2.45, 2.75) is 25.4 Å². The third-order valence-electron chi connectivity index (χ3n) is 4.21. The number of ether oxygens (including phenoxy) is 3. The van der Waals surface area contributed by atoms with E-state index in [2.05, 4.69) is 10.6 Å². The molecular weight excluding hydrogens is 315 g/mol. The van der Waals surface area contributed by atoms with Gasteiger partial charge in [0.15, 0.2) is 0 Å². The van der Waals surface area contributed by atoms with Gasteiger partial charge in [-0.3, -0.25) is 0 Å². The quantitative estimate of drug-likeness (QED) is 0.836. The normalized spacial score (nSPS) is 23.2. The summed E-state index contributed by atoms with van der Waals surface area (Å²) in [6.07, 6.45) is 2.97. The first kappa shape index (κ1) is 17.0. The Labute approximate surface area is 140 Å². The number of hydrogen-bond acceptors (Lipinski definition) is 4. The summed E-state index contributed by atoms with van der Waals surface area (Å²) in [4.78, 5) is 12.0. The molecule has 0 saturated carbocycles. The molecule has 0 spiro atoms. The van der Waals surface area contributed by atoms with Crippen LogP contribution in [0.1, 0.15) is 19.3 Å². The summed E-state index contributed by atoms with van der Waals surface area (Å²) in [5, 5.41) is 5.44.